The number of hydrazine groups is 1. The first kappa shape index (κ1) is 24.9. The second-order valence-corrected chi connectivity index (χ2v) is 7.82. The van der Waals surface area contributed by atoms with E-state index in [1.165, 1.54) is 12.1 Å². The monoisotopic (exact) mass is 520 g/mol. The fourth-order valence-corrected chi connectivity index (χ4v) is 3.54. The Kier molecular flexibility index (Phi) is 7.45. The van der Waals surface area contributed by atoms with Gasteiger partial charge in [0, 0.05) is 17.8 Å². The molecule has 2 N–H and O–H groups in total. The van der Waals surface area contributed by atoms with Crippen LogP contribution in [0.1, 0.15) is 15.9 Å². The lowest BCUT2D eigenvalue weighted by molar-refractivity contribution is -0.384. The van der Waals surface area contributed by atoms with Crippen molar-refractivity contribution < 1.29 is 14.6 Å². The minimum atomic E-state index is -0.805. The van der Waals surface area contributed by atoms with Crippen LogP contribution in [0.4, 0.5) is 28.8 Å². The lowest BCUT2D eigenvalue weighted by atomic mass is 10.2. The van der Waals surface area contributed by atoms with E-state index in [4.69, 9.17) is 11.6 Å². The summed E-state index contributed by atoms with van der Waals surface area (Å²) in [7, 11) is 0. The first-order valence-corrected chi connectivity index (χ1v) is 10.9. The fraction of sp³-hybridized carbons (Fsp3) is 0.0435. The second-order valence-electron chi connectivity index (χ2n) is 7.41. The zero-order valence-electron chi connectivity index (χ0n) is 18.8. The normalized spacial score (nSPS) is 10.4. The molecule has 0 aliphatic carbocycles. The summed E-state index contributed by atoms with van der Waals surface area (Å²) >= 11 is 5.79. The summed E-state index contributed by atoms with van der Waals surface area (Å²) in [5, 5.41) is 23.1. The third-order valence-electron chi connectivity index (χ3n) is 5.05. The Labute approximate surface area is 214 Å². The van der Waals surface area contributed by atoms with Gasteiger partial charge in [-0.2, -0.15) is 0 Å². The second kappa shape index (κ2) is 11.0. The van der Waals surface area contributed by atoms with Crippen molar-refractivity contribution in [2.24, 2.45) is 0 Å². The Morgan fingerprint density at radius 1 is 0.946 bits per heavy atom. The molecule has 0 unspecified atom stereocenters. The molecule has 4 rings (SSSR count). The minimum absolute atomic E-state index is 0.0681. The number of nitrogens with zero attached hydrogens (tertiary/aromatic N) is 6. The molecule has 0 saturated heterocycles. The largest absolute Gasteiger partial charge is 0.355 e. The molecule has 2 heterocycles. The van der Waals surface area contributed by atoms with Crippen molar-refractivity contribution in [1.29, 1.82) is 0 Å². The number of aromatic nitrogens is 3. The summed E-state index contributed by atoms with van der Waals surface area (Å²) in [6.07, 6.45) is 2.65. The third-order valence-corrected chi connectivity index (χ3v) is 5.37. The van der Waals surface area contributed by atoms with Crippen molar-refractivity contribution in [3.05, 3.63) is 116 Å². The van der Waals surface area contributed by atoms with Crippen LogP contribution >= 0.6 is 11.6 Å². The standard InChI is InChI=1S/C23H17ClN8O5/c24-17-10-9-16(12-18(17)31(34)35)23(33)29-28-21-20(32(36)37)22(27-14-26-21)30(19-8-4-5-11-25-19)13-15-6-2-1-3-7-15/h1-12,14H,13H2,(H,29,33)(H,26,27,28). The van der Waals surface area contributed by atoms with E-state index in [9.17, 15) is 25.0 Å². The number of pyridine rings is 1. The molecule has 0 spiro atoms. The molecule has 186 valence electrons. The van der Waals surface area contributed by atoms with E-state index in [2.05, 4.69) is 25.8 Å². The molecule has 0 aliphatic heterocycles. The Hall–Kier alpha value is -5.17. The van der Waals surface area contributed by atoms with Crippen molar-refractivity contribution in [2.75, 3.05) is 10.3 Å². The maximum atomic E-state index is 12.6. The van der Waals surface area contributed by atoms with Crippen LogP contribution in [-0.2, 0) is 6.54 Å². The smallest absolute Gasteiger partial charge is 0.301 e. The van der Waals surface area contributed by atoms with Crippen molar-refractivity contribution >= 4 is 46.3 Å². The average Bonchev–Trinajstić information content (AvgIpc) is 2.91. The van der Waals surface area contributed by atoms with Crippen molar-refractivity contribution in [2.45, 2.75) is 6.54 Å². The maximum absolute atomic E-state index is 12.6. The highest BCUT2D eigenvalue weighted by molar-refractivity contribution is 6.32. The van der Waals surface area contributed by atoms with Gasteiger partial charge >= 0.3 is 5.69 Å². The Bertz CT molecular complexity index is 1460. The summed E-state index contributed by atoms with van der Waals surface area (Å²) in [4.78, 5) is 48.4. The van der Waals surface area contributed by atoms with Gasteiger partial charge in [0.25, 0.3) is 11.6 Å². The highest BCUT2D eigenvalue weighted by Crippen LogP contribution is 2.36. The van der Waals surface area contributed by atoms with Crippen molar-refractivity contribution in [3.8, 4) is 0 Å². The predicted molar refractivity (Wildman–Crippen MR) is 134 cm³/mol. The van der Waals surface area contributed by atoms with Crippen LogP contribution in [-0.4, -0.2) is 30.7 Å². The van der Waals surface area contributed by atoms with Gasteiger partial charge in [-0.25, -0.2) is 15.0 Å². The number of nitro benzene ring substituents is 1. The zero-order valence-corrected chi connectivity index (χ0v) is 19.6. The summed E-state index contributed by atoms with van der Waals surface area (Å²) in [5.41, 5.74) is 4.45. The van der Waals surface area contributed by atoms with Gasteiger partial charge in [-0.1, -0.05) is 48.0 Å². The predicted octanol–water partition coefficient (Wildman–Crippen LogP) is 4.44. The molecule has 14 heteroatoms. The number of anilines is 3. The van der Waals surface area contributed by atoms with Gasteiger partial charge in [-0.15, -0.1) is 0 Å². The number of carbonyl (C=O) groups is 1. The van der Waals surface area contributed by atoms with Gasteiger partial charge in [-0.05, 0) is 29.8 Å². The van der Waals surface area contributed by atoms with Gasteiger partial charge in [0.05, 0.1) is 16.4 Å². The highest BCUT2D eigenvalue weighted by Gasteiger charge is 2.29. The Morgan fingerprint density at radius 2 is 1.70 bits per heavy atom. The molecule has 0 radical (unpaired) electrons. The van der Waals surface area contributed by atoms with Gasteiger partial charge in [-0.3, -0.25) is 35.9 Å². The molecule has 1 amide bonds. The molecule has 2 aromatic heterocycles. The molecule has 4 aromatic rings. The van der Waals surface area contributed by atoms with E-state index in [-0.39, 0.29) is 28.8 Å². The number of benzene rings is 2. The van der Waals surface area contributed by atoms with E-state index in [0.29, 0.717) is 5.82 Å². The van der Waals surface area contributed by atoms with Crippen LogP contribution in [0.2, 0.25) is 5.02 Å². The average molecular weight is 521 g/mol. The molecule has 0 bridgehead atoms. The molecule has 13 nitrogen and oxygen atoms in total. The van der Waals surface area contributed by atoms with Crippen LogP contribution in [0.3, 0.4) is 0 Å². The van der Waals surface area contributed by atoms with Gasteiger partial charge in [0.1, 0.15) is 17.2 Å². The van der Waals surface area contributed by atoms with Crippen molar-refractivity contribution in [3.63, 3.8) is 0 Å². The maximum Gasteiger partial charge on any atom is 0.355 e. The fourth-order valence-electron chi connectivity index (χ4n) is 3.35. The van der Waals surface area contributed by atoms with Gasteiger partial charge in [0.2, 0.25) is 11.6 Å². The molecule has 0 aliphatic rings. The van der Waals surface area contributed by atoms with E-state index in [0.717, 1.165) is 18.0 Å². The van der Waals surface area contributed by atoms with Crippen LogP contribution in [0.15, 0.2) is 79.3 Å². The number of nitro groups is 2. The van der Waals surface area contributed by atoms with Crippen LogP contribution in [0.5, 0.6) is 0 Å². The molecular weight excluding hydrogens is 504 g/mol. The van der Waals surface area contributed by atoms with Crippen LogP contribution in [0.25, 0.3) is 0 Å². The highest BCUT2D eigenvalue weighted by atomic mass is 35.5. The van der Waals surface area contributed by atoms with Gasteiger partial charge in [0.15, 0.2) is 0 Å². The first-order chi connectivity index (χ1) is 17.8. The quantitative estimate of drug-likeness (QED) is 0.237. The Balaban J connectivity index is 1.67. The summed E-state index contributed by atoms with van der Waals surface area (Å²) in [6, 6.07) is 17.8. The summed E-state index contributed by atoms with van der Waals surface area (Å²) in [5.74, 6) is -0.779. The molecule has 0 fully saturated rings. The topological polar surface area (TPSA) is 169 Å². The van der Waals surface area contributed by atoms with E-state index >= 15 is 0 Å². The van der Waals surface area contributed by atoms with Crippen molar-refractivity contribution in [1.82, 2.24) is 20.4 Å². The van der Waals surface area contributed by atoms with E-state index < -0.39 is 27.1 Å². The lowest BCUT2D eigenvalue weighted by Gasteiger charge is -2.23. The lowest BCUT2D eigenvalue weighted by Crippen LogP contribution is -2.31. The van der Waals surface area contributed by atoms with Crippen LogP contribution < -0.4 is 15.8 Å². The number of hydrogen-bond donors (Lipinski definition) is 2. The SMILES string of the molecule is O=C(NNc1ncnc(N(Cc2ccccc2)c2ccccn2)c1[N+](=O)[O-])c1ccc(Cl)c([N+](=O)[O-])c1. The minimum Gasteiger partial charge on any atom is -0.301 e. The van der Waals surface area contributed by atoms with E-state index in [1.54, 1.807) is 29.3 Å². The zero-order chi connectivity index (χ0) is 26.4. The number of rotatable bonds is 9. The summed E-state index contributed by atoms with van der Waals surface area (Å²) in [6.45, 7) is 0.204. The molecule has 2 aromatic carbocycles. The molecular formula is C23H17ClN8O5. The molecule has 0 saturated carbocycles. The molecule has 0 atom stereocenters. The van der Waals surface area contributed by atoms with Gasteiger partial charge < -0.3 is 4.90 Å². The van der Waals surface area contributed by atoms with E-state index in [1.807, 2.05) is 30.3 Å². The number of nitrogens with one attached hydrogen (secondary N) is 2. The number of amides is 1. The number of hydrogen-bond acceptors (Lipinski definition) is 10. The summed E-state index contributed by atoms with van der Waals surface area (Å²) < 4.78 is 0. The molecule has 37 heavy (non-hydrogen) atoms. The first-order valence-electron chi connectivity index (χ1n) is 10.6. The number of halogens is 1. The van der Waals surface area contributed by atoms with Crippen LogP contribution in [0, 0.1) is 20.2 Å². The Morgan fingerprint density at radius 3 is 2.38 bits per heavy atom. The number of carbonyl (C=O) groups excluding carboxylic acids is 1. The third kappa shape index (κ3) is 5.74.